The van der Waals surface area contributed by atoms with E-state index in [1.807, 2.05) is 0 Å². The molecule has 0 saturated carbocycles. The molecule has 32 heavy (non-hydrogen) atoms. The molecule has 1 heterocycles. The first-order valence-electron chi connectivity index (χ1n) is 9.70. The summed E-state index contributed by atoms with van der Waals surface area (Å²) in [7, 11) is 1.43. The lowest BCUT2D eigenvalue weighted by Crippen LogP contribution is -2.49. The smallest absolute Gasteiger partial charge is 0.205 e. The van der Waals surface area contributed by atoms with Gasteiger partial charge in [-0.15, -0.1) is 5.92 Å². The summed E-state index contributed by atoms with van der Waals surface area (Å²) < 4.78 is 23.1. The van der Waals surface area contributed by atoms with Crippen molar-refractivity contribution in [1.29, 1.82) is 0 Å². The number of methoxy groups -OCH3 is 1. The summed E-state index contributed by atoms with van der Waals surface area (Å²) in [6.45, 7) is 2.05. The molecule has 1 aliphatic heterocycles. The molecular formula is C23H22Cl4O5. The van der Waals surface area contributed by atoms with Crippen molar-refractivity contribution in [1.82, 2.24) is 0 Å². The lowest BCUT2D eigenvalue weighted by atomic mass is 9.95. The molecule has 3 rings (SSSR count). The SMILES string of the molecule is CC#C[C@]1(O)C(OC)O[C@H](COCc2ccc(Cl)cc2Cl)[C@H]1OCc1ccc(Cl)cc1Cl. The van der Waals surface area contributed by atoms with Crippen molar-refractivity contribution < 1.29 is 24.1 Å². The molecule has 0 bridgehead atoms. The fourth-order valence-electron chi connectivity index (χ4n) is 3.42. The van der Waals surface area contributed by atoms with Gasteiger partial charge in [0.15, 0.2) is 0 Å². The van der Waals surface area contributed by atoms with Crippen LogP contribution >= 0.6 is 46.4 Å². The summed E-state index contributed by atoms with van der Waals surface area (Å²) in [5.74, 6) is 5.49. The molecule has 2 aromatic rings. The van der Waals surface area contributed by atoms with E-state index >= 15 is 0 Å². The first kappa shape index (κ1) is 25.6. The van der Waals surface area contributed by atoms with Gasteiger partial charge in [-0.05, 0) is 42.3 Å². The summed E-state index contributed by atoms with van der Waals surface area (Å²) in [5, 5.41) is 13.3. The third-order valence-electron chi connectivity index (χ3n) is 4.96. The maximum absolute atomic E-state index is 11.3. The van der Waals surface area contributed by atoms with Crippen LogP contribution < -0.4 is 0 Å². The average molecular weight is 520 g/mol. The third kappa shape index (κ3) is 5.90. The van der Waals surface area contributed by atoms with Gasteiger partial charge in [0.2, 0.25) is 11.9 Å². The van der Waals surface area contributed by atoms with E-state index in [0.717, 1.165) is 5.56 Å². The highest BCUT2D eigenvalue weighted by atomic mass is 35.5. The van der Waals surface area contributed by atoms with Gasteiger partial charge in [0.25, 0.3) is 0 Å². The van der Waals surface area contributed by atoms with Crippen molar-refractivity contribution in [2.24, 2.45) is 0 Å². The van der Waals surface area contributed by atoms with Crippen molar-refractivity contribution >= 4 is 46.4 Å². The van der Waals surface area contributed by atoms with E-state index in [9.17, 15) is 5.11 Å². The second-order valence-electron chi connectivity index (χ2n) is 7.16. The Labute approximate surface area is 207 Å². The first-order valence-corrected chi connectivity index (χ1v) is 11.2. The van der Waals surface area contributed by atoms with E-state index in [1.54, 1.807) is 43.3 Å². The molecule has 0 aliphatic carbocycles. The monoisotopic (exact) mass is 518 g/mol. The highest BCUT2D eigenvalue weighted by Crippen LogP contribution is 2.35. The molecule has 172 valence electrons. The van der Waals surface area contributed by atoms with E-state index in [0.29, 0.717) is 25.7 Å². The summed E-state index contributed by atoms with van der Waals surface area (Å²) in [5.41, 5.74) is -0.225. The Hall–Kier alpha value is -1.04. The quantitative estimate of drug-likeness (QED) is 0.465. The third-order valence-corrected chi connectivity index (χ3v) is 6.13. The normalized spacial score (nSPS) is 24.9. The number of aliphatic hydroxyl groups is 1. The van der Waals surface area contributed by atoms with Gasteiger partial charge in [-0.2, -0.15) is 0 Å². The van der Waals surface area contributed by atoms with Crippen LogP contribution in [-0.2, 0) is 32.2 Å². The fraction of sp³-hybridized carbons (Fsp3) is 0.391. The number of hydrogen-bond donors (Lipinski definition) is 1. The van der Waals surface area contributed by atoms with Gasteiger partial charge in [-0.1, -0.05) is 64.5 Å². The zero-order chi connectivity index (χ0) is 23.3. The first-order chi connectivity index (χ1) is 15.3. The molecule has 0 amide bonds. The number of benzene rings is 2. The predicted octanol–water partition coefficient (Wildman–Crippen LogP) is 5.53. The molecule has 1 unspecified atom stereocenters. The second kappa shape index (κ2) is 11.4. The van der Waals surface area contributed by atoms with Crippen LogP contribution in [0.5, 0.6) is 0 Å². The number of halogens is 4. The Kier molecular flexibility index (Phi) is 9.11. The molecule has 9 heteroatoms. The molecule has 1 saturated heterocycles. The van der Waals surface area contributed by atoms with Gasteiger partial charge in [-0.3, -0.25) is 0 Å². The zero-order valence-corrected chi connectivity index (χ0v) is 20.4. The van der Waals surface area contributed by atoms with E-state index in [-0.39, 0.29) is 19.8 Å². The van der Waals surface area contributed by atoms with E-state index in [4.69, 9.17) is 65.4 Å². The summed E-state index contributed by atoms with van der Waals surface area (Å²) in [6.07, 6.45) is -2.55. The Balaban J connectivity index is 1.74. The van der Waals surface area contributed by atoms with Crippen molar-refractivity contribution in [2.75, 3.05) is 13.7 Å². The summed E-state index contributed by atoms with van der Waals surface area (Å²) in [4.78, 5) is 0. The second-order valence-corrected chi connectivity index (χ2v) is 8.85. The van der Waals surface area contributed by atoms with Crippen LogP contribution in [0, 0.1) is 11.8 Å². The molecular weight excluding hydrogens is 498 g/mol. The molecule has 0 radical (unpaired) electrons. The van der Waals surface area contributed by atoms with Crippen LogP contribution in [0.4, 0.5) is 0 Å². The van der Waals surface area contributed by atoms with Crippen LogP contribution in [0.1, 0.15) is 18.1 Å². The van der Waals surface area contributed by atoms with E-state index in [2.05, 4.69) is 11.8 Å². The largest absolute Gasteiger partial charge is 0.374 e. The van der Waals surface area contributed by atoms with Gasteiger partial charge in [0.05, 0.1) is 19.8 Å². The highest BCUT2D eigenvalue weighted by Gasteiger charge is 2.56. The maximum Gasteiger partial charge on any atom is 0.205 e. The molecule has 0 spiro atoms. The van der Waals surface area contributed by atoms with Crippen LogP contribution in [0.25, 0.3) is 0 Å². The van der Waals surface area contributed by atoms with Gasteiger partial charge < -0.3 is 24.1 Å². The Morgan fingerprint density at radius 1 is 1.00 bits per heavy atom. The minimum absolute atomic E-state index is 0.103. The molecule has 2 aromatic carbocycles. The van der Waals surface area contributed by atoms with Crippen LogP contribution in [-0.4, -0.2) is 42.9 Å². The van der Waals surface area contributed by atoms with Crippen molar-refractivity contribution in [3.63, 3.8) is 0 Å². The lowest BCUT2D eigenvalue weighted by molar-refractivity contribution is -0.176. The van der Waals surface area contributed by atoms with E-state index in [1.165, 1.54) is 7.11 Å². The van der Waals surface area contributed by atoms with Gasteiger partial charge >= 0.3 is 0 Å². The molecule has 5 nitrogen and oxygen atoms in total. The van der Waals surface area contributed by atoms with Crippen molar-refractivity contribution in [3.05, 3.63) is 67.6 Å². The minimum Gasteiger partial charge on any atom is -0.374 e. The molecule has 0 aromatic heterocycles. The Bertz CT molecular complexity index is 1010. The fourth-order valence-corrected chi connectivity index (χ4v) is 4.35. The predicted molar refractivity (Wildman–Crippen MR) is 125 cm³/mol. The number of hydrogen-bond acceptors (Lipinski definition) is 5. The van der Waals surface area contributed by atoms with Gasteiger partial charge in [-0.25, -0.2) is 0 Å². The van der Waals surface area contributed by atoms with Gasteiger partial charge in [0.1, 0.15) is 12.2 Å². The zero-order valence-electron chi connectivity index (χ0n) is 17.4. The van der Waals surface area contributed by atoms with Crippen molar-refractivity contribution in [3.8, 4) is 11.8 Å². The highest BCUT2D eigenvalue weighted by molar-refractivity contribution is 6.35. The number of rotatable bonds is 8. The van der Waals surface area contributed by atoms with Crippen molar-refractivity contribution in [2.45, 2.75) is 44.2 Å². The standard InChI is InChI=1S/C23H22Cl4O5/c1-3-8-23(28)21(31-12-15-5-7-17(25)10-19(15)27)20(32-22(23)29-2)13-30-11-14-4-6-16(24)9-18(14)26/h4-7,9-10,20-22,28H,11-13H2,1-2H3/t20-,21-,22?,23-/m1/s1. The topological polar surface area (TPSA) is 57.2 Å². The minimum atomic E-state index is -1.70. The van der Waals surface area contributed by atoms with Gasteiger partial charge in [0, 0.05) is 27.2 Å². The summed E-state index contributed by atoms with van der Waals surface area (Å²) in [6, 6.07) is 10.3. The summed E-state index contributed by atoms with van der Waals surface area (Å²) >= 11 is 24.4. The van der Waals surface area contributed by atoms with Crippen LogP contribution in [0.15, 0.2) is 36.4 Å². The Morgan fingerprint density at radius 3 is 2.12 bits per heavy atom. The average Bonchev–Trinajstić information content (AvgIpc) is 3.00. The van der Waals surface area contributed by atoms with Crippen LogP contribution in [0.2, 0.25) is 20.1 Å². The number of ether oxygens (including phenoxy) is 4. The molecule has 1 aliphatic rings. The van der Waals surface area contributed by atoms with E-state index < -0.39 is 24.1 Å². The molecule has 1 N–H and O–H groups in total. The molecule has 1 fully saturated rings. The van der Waals surface area contributed by atoms with Crippen LogP contribution in [0.3, 0.4) is 0 Å². The maximum atomic E-state index is 11.3. The lowest BCUT2D eigenvalue weighted by Gasteiger charge is -2.28. The molecule has 4 atom stereocenters. The Morgan fingerprint density at radius 2 is 1.59 bits per heavy atom.